The van der Waals surface area contributed by atoms with Gasteiger partial charge in [-0.1, -0.05) is 40.3 Å². The molecule has 0 bridgehead atoms. The molecule has 2 rings (SSSR count). The maximum Gasteiger partial charge on any atom is 0.127 e. The van der Waals surface area contributed by atoms with E-state index < -0.39 is 0 Å². The molecule has 0 amide bonds. The zero-order valence-electron chi connectivity index (χ0n) is 7.31. The first kappa shape index (κ1) is 9.59. The zero-order valence-corrected chi connectivity index (χ0v) is 10.2. The standard InChI is InChI=1S/C10H10ClIO/c1-6-8(11)3-2-7-9(12)4-5-13-10(6)7/h2-3,9H,4-5H2,1H3. The van der Waals surface area contributed by atoms with Crippen molar-refractivity contribution in [2.24, 2.45) is 0 Å². The fourth-order valence-corrected chi connectivity index (χ4v) is 2.44. The van der Waals surface area contributed by atoms with Gasteiger partial charge in [0.1, 0.15) is 5.75 Å². The Labute approximate surface area is 96.6 Å². The summed E-state index contributed by atoms with van der Waals surface area (Å²) in [6, 6.07) is 4.02. The van der Waals surface area contributed by atoms with Gasteiger partial charge in [0.25, 0.3) is 0 Å². The summed E-state index contributed by atoms with van der Waals surface area (Å²) in [5, 5.41) is 0.796. The maximum atomic E-state index is 6.01. The molecule has 1 aromatic carbocycles. The van der Waals surface area contributed by atoms with Gasteiger partial charge in [-0.05, 0) is 19.4 Å². The van der Waals surface area contributed by atoms with Gasteiger partial charge in [-0.2, -0.15) is 0 Å². The van der Waals surface area contributed by atoms with E-state index >= 15 is 0 Å². The Balaban J connectivity index is 2.56. The van der Waals surface area contributed by atoms with Gasteiger partial charge in [0.05, 0.1) is 6.61 Å². The number of hydrogen-bond acceptors (Lipinski definition) is 1. The highest BCUT2D eigenvalue weighted by Crippen LogP contribution is 2.41. The summed E-state index contributed by atoms with van der Waals surface area (Å²) in [5.41, 5.74) is 2.36. The highest BCUT2D eigenvalue weighted by molar-refractivity contribution is 14.1. The van der Waals surface area contributed by atoms with Crippen LogP contribution < -0.4 is 4.74 Å². The van der Waals surface area contributed by atoms with Crippen LogP contribution in [-0.2, 0) is 0 Å². The van der Waals surface area contributed by atoms with Gasteiger partial charge in [-0.3, -0.25) is 0 Å². The Hall–Kier alpha value is 0.0400. The zero-order chi connectivity index (χ0) is 9.42. The second-order valence-corrected chi connectivity index (χ2v) is 5.11. The third kappa shape index (κ3) is 1.66. The molecular weight excluding hydrogens is 298 g/mol. The molecule has 0 aromatic heterocycles. The van der Waals surface area contributed by atoms with Crippen molar-refractivity contribution >= 4 is 34.2 Å². The van der Waals surface area contributed by atoms with Crippen LogP contribution in [0.1, 0.15) is 21.5 Å². The minimum Gasteiger partial charge on any atom is -0.493 e. The lowest BCUT2D eigenvalue weighted by molar-refractivity contribution is 0.287. The van der Waals surface area contributed by atoms with Gasteiger partial charge in [-0.15, -0.1) is 0 Å². The first-order chi connectivity index (χ1) is 6.20. The molecule has 13 heavy (non-hydrogen) atoms. The predicted molar refractivity (Wildman–Crippen MR) is 63.1 cm³/mol. The molecule has 1 aliphatic rings. The van der Waals surface area contributed by atoms with Crippen molar-refractivity contribution in [3.8, 4) is 5.75 Å². The normalized spacial score (nSPS) is 20.7. The van der Waals surface area contributed by atoms with Crippen molar-refractivity contribution in [3.63, 3.8) is 0 Å². The first-order valence-electron chi connectivity index (χ1n) is 4.26. The highest BCUT2D eigenvalue weighted by Gasteiger charge is 2.21. The predicted octanol–water partition coefficient (Wildman–Crippen LogP) is 3.91. The molecular formula is C10H10ClIO. The number of alkyl halides is 1. The van der Waals surface area contributed by atoms with E-state index in [-0.39, 0.29) is 0 Å². The monoisotopic (exact) mass is 308 g/mol. The second kappa shape index (κ2) is 3.65. The summed E-state index contributed by atoms with van der Waals surface area (Å²) < 4.78 is 6.18. The van der Waals surface area contributed by atoms with Crippen LogP contribution in [0.5, 0.6) is 5.75 Å². The molecule has 0 saturated carbocycles. The van der Waals surface area contributed by atoms with E-state index in [9.17, 15) is 0 Å². The maximum absolute atomic E-state index is 6.01. The molecule has 0 aliphatic carbocycles. The molecule has 0 radical (unpaired) electrons. The molecule has 0 fully saturated rings. The van der Waals surface area contributed by atoms with Crippen LogP contribution >= 0.6 is 34.2 Å². The lowest BCUT2D eigenvalue weighted by Crippen LogP contribution is -2.11. The second-order valence-electron chi connectivity index (χ2n) is 3.20. The first-order valence-corrected chi connectivity index (χ1v) is 5.88. The number of rotatable bonds is 0. The van der Waals surface area contributed by atoms with Crippen LogP contribution in [-0.4, -0.2) is 6.61 Å². The minimum absolute atomic E-state index is 0.567. The number of halogens is 2. The number of fused-ring (bicyclic) bond motifs is 1. The average molecular weight is 309 g/mol. The molecule has 0 saturated heterocycles. The Morgan fingerprint density at radius 3 is 3.08 bits per heavy atom. The average Bonchev–Trinajstić information content (AvgIpc) is 2.12. The van der Waals surface area contributed by atoms with Crippen LogP contribution in [0.4, 0.5) is 0 Å². The topological polar surface area (TPSA) is 9.23 Å². The van der Waals surface area contributed by atoms with Crippen molar-refractivity contribution in [3.05, 3.63) is 28.3 Å². The molecule has 1 unspecified atom stereocenters. The van der Waals surface area contributed by atoms with Gasteiger partial charge in [0.2, 0.25) is 0 Å². The van der Waals surface area contributed by atoms with Gasteiger partial charge in [0, 0.05) is 20.1 Å². The van der Waals surface area contributed by atoms with Crippen molar-refractivity contribution < 1.29 is 4.74 Å². The Morgan fingerprint density at radius 1 is 1.54 bits per heavy atom. The third-order valence-corrected chi connectivity index (χ3v) is 4.03. The quantitative estimate of drug-likeness (QED) is 0.521. The van der Waals surface area contributed by atoms with E-state index in [2.05, 4.69) is 28.7 Å². The Bertz CT molecular complexity index is 338. The van der Waals surface area contributed by atoms with E-state index in [1.165, 1.54) is 5.56 Å². The smallest absolute Gasteiger partial charge is 0.127 e. The lowest BCUT2D eigenvalue weighted by atomic mass is 10.0. The van der Waals surface area contributed by atoms with Gasteiger partial charge >= 0.3 is 0 Å². The summed E-state index contributed by atoms with van der Waals surface area (Å²) in [6.07, 6.45) is 1.09. The molecule has 3 heteroatoms. The molecule has 1 heterocycles. The lowest BCUT2D eigenvalue weighted by Gasteiger charge is -2.23. The molecule has 1 aromatic rings. The number of ether oxygens (including phenoxy) is 1. The van der Waals surface area contributed by atoms with Crippen molar-refractivity contribution in [1.29, 1.82) is 0 Å². The summed E-state index contributed by atoms with van der Waals surface area (Å²) in [6.45, 7) is 2.82. The van der Waals surface area contributed by atoms with Crippen molar-refractivity contribution in [2.75, 3.05) is 6.61 Å². The van der Waals surface area contributed by atoms with E-state index in [4.69, 9.17) is 16.3 Å². The van der Waals surface area contributed by atoms with Crippen LogP contribution in [0.2, 0.25) is 5.02 Å². The minimum atomic E-state index is 0.567. The molecule has 70 valence electrons. The molecule has 0 spiro atoms. The fraction of sp³-hybridized carbons (Fsp3) is 0.400. The van der Waals surface area contributed by atoms with Crippen LogP contribution in [0, 0.1) is 6.92 Å². The number of hydrogen-bond donors (Lipinski definition) is 0. The molecule has 0 N–H and O–H groups in total. The fourth-order valence-electron chi connectivity index (χ4n) is 1.55. The summed E-state index contributed by atoms with van der Waals surface area (Å²) in [4.78, 5) is 0. The van der Waals surface area contributed by atoms with Crippen molar-refractivity contribution in [2.45, 2.75) is 17.3 Å². The van der Waals surface area contributed by atoms with E-state index in [1.807, 2.05) is 13.0 Å². The van der Waals surface area contributed by atoms with E-state index in [0.717, 1.165) is 29.4 Å². The van der Waals surface area contributed by atoms with Gasteiger partial charge in [0.15, 0.2) is 0 Å². The summed E-state index contributed by atoms with van der Waals surface area (Å²) >= 11 is 8.46. The summed E-state index contributed by atoms with van der Waals surface area (Å²) in [7, 11) is 0. The Morgan fingerprint density at radius 2 is 2.31 bits per heavy atom. The molecule has 1 atom stereocenters. The SMILES string of the molecule is Cc1c(Cl)ccc2c1OCCC2I. The largest absolute Gasteiger partial charge is 0.493 e. The van der Waals surface area contributed by atoms with E-state index in [0.29, 0.717) is 3.92 Å². The van der Waals surface area contributed by atoms with Crippen molar-refractivity contribution in [1.82, 2.24) is 0 Å². The van der Waals surface area contributed by atoms with Crippen LogP contribution in [0.15, 0.2) is 12.1 Å². The summed E-state index contributed by atoms with van der Waals surface area (Å²) in [5.74, 6) is 0.998. The van der Waals surface area contributed by atoms with E-state index in [1.54, 1.807) is 0 Å². The molecule has 1 aliphatic heterocycles. The number of benzene rings is 1. The Kier molecular flexibility index (Phi) is 2.70. The molecule has 1 nitrogen and oxygen atoms in total. The van der Waals surface area contributed by atoms with Gasteiger partial charge in [-0.25, -0.2) is 0 Å². The van der Waals surface area contributed by atoms with Gasteiger partial charge < -0.3 is 4.74 Å². The van der Waals surface area contributed by atoms with Crippen LogP contribution in [0.3, 0.4) is 0 Å². The third-order valence-electron chi connectivity index (χ3n) is 2.33. The van der Waals surface area contributed by atoms with Crippen LogP contribution in [0.25, 0.3) is 0 Å². The highest BCUT2D eigenvalue weighted by atomic mass is 127.